The number of aromatic nitrogens is 2. The maximum Gasteiger partial charge on any atom is 0.269 e. The highest BCUT2D eigenvalue weighted by Gasteiger charge is 2.30. The van der Waals surface area contributed by atoms with Crippen LogP contribution in [0.15, 0.2) is 54.0 Å². The molecule has 0 bridgehead atoms. The second-order valence-corrected chi connectivity index (χ2v) is 6.00. The zero-order chi connectivity index (χ0) is 19.2. The van der Waals surface area contributed by atoms with E-state index >= 15 is 0 Å². The Morgan fingerprint density at radius 3 is 2.74 bits per heavy atom. The molecule has 1 aliphatic heterocycles. The van der Waals surface area contributed by atoms with E-state index in [0.717, 1.165) is 6.07 Å². The monoisotopic (exact) mass is 372 g/mol. The number of halogens is 2. The number of hydrogen-bond donors (Lipinski definition) is 0. The van der Waals surface area contributed by atoms with E-state index in [1.165, 1.54) is 29.5 Å². The fourth-order valence-electron chi connectivity index (χ4n) is 2.75. The highest BCUT2D eigenvalue weighted by Crippen LogP contribution is 2.30. The quantitative estimate of drug-likeness (QED) is 0.552. The predicted molar refractivity (Wildman–Crippen MR) is 95.0 cm³/mol. The second-order valence-electron chi connectivity index (χ2n) is 6.00. The summed E-state index contributed by atoms with van der Waals surface area (Å²) in [6.45, 7) is 4.16. The summed E-state index contributed by atoms with van der Waals surface area (Å²) in [7, 11) is 0. The van der Waals surface area contributed by atoms with E-state index in [4.69, 9.17) is 4.74 Å². The van der Waals surface area contributed by atoms with Crippen LogP contribution in [0.3, 0.4) is 0 Å². The molecule has 0 radical (unpaired) electrons. The Balaban J connectivity index is 1.55. The van der Waals surface area contributed by atoms with E-state index in [1.54, 1.807) is 12.4 Å². The maximum absolute atomic E-state index is 13.5. The molecule has 1 aromatic carbocycles. The number of nitrogens with zero attached hydrogens (tertiary/aromatic N) is 4. The van der Waals surface area contributed by atoms with Crippen molar-refractivity contribution in [2.45, 2.75) is 25.3 Å². The highest BCUT2D eigenvalue weighted by atomic mass is 19.1. The Morgan fingerprint density at radius 2 is 2.04 bits per heavy atom. The number of carbonyl (C=O) groups is 1. The second kappa shape index (κ2) is 8.48. The van der Waals surface area contributed by atoms with Crippen molar-refractivity contribution in [2.24, 2.45) is 5.10 Å². The topological polar surface area (TPSA) is 67.7 Å². The van der Waals surface area contributed by atoms with Gasteiger partial charge >= 0.3 is 0 Å². The first-order valence-corrected chi connectivity index (χ1v) is 8.43. The Hall–Kier alpha value is -3.16. The molecule has 0 saturated carbocycles. The van der Waals surface area contributed by atoms with Crippen molar-refractivity contribution in [1.29, 1.82) is 0 Å². The Morgan fingerprint density at radius 1 is 1.26 bits per heavy atom. The van der Waals surface area contributed by atoms with E-state index in [9.17, 15) is 13.6 Å². The molecule has 6 nitrogen and oxygen atoms in total. The highest BCUT2D eigenvalue weighted by molar-refractivity contribution is 5.94. The minimum Gasteiger partial charge on any atom is -0.477 e. The van der Waals surface area contributed by atoms with Gasteiger partial charge in [0, 0.05) is 36.7 Å². The molecule has 0 aliphatic carbocycles. The molecule has 140 valence electrons. The molecule has 0 fully saturated rings. The minimum atomic E-state index is -0.690. The van der Waals surface area contributed by atoms with E-state index in [0.29, 0.717) is 42.9 Å². The molecule has 3 rings (SSSR count). The normalized spacial score (nSPS) is 15.8. The van der Waals surface area contributed by atoms with Gasteiger partial charge in [-0.25, -0.2) is 18.8 Å². The largest absolute Gasteiger partial charge is 0.477 e. The van der Waals surface area contributed by atoms with E-state index in [1.807, 2.05) is 0 Å². The first kappa shape index (κ1) is 18.6. The fraction of sp³-hybridized carbons (Fsp3) is 0.263. The maximum atomic E-state index is 13.5. The van der Waals surface area contributed by atoms with Crippen LogP contribution in [0, 0.1) is 11.6 Å². The molecule has 0 spiro atoms. The average Bonchev–Trinajstić information content (AvgIpc) is 3.14. The summed E-state index contributed by atoms with van der Waals surface area (Å²) in [5.41, 5.74) is 0.704. The van der Waals surface area contributed by atoms with Gasteiger partial charge in [0.1, 0.15) is 11.6 Å². The number of hydrogen-bond acceptors (Lipinski definition) is 5. The number of rotatable bonds is 7. The molecular weight excluding hydrogens is 354 g/mol. The van der Waals surface area contributed by atoms with Gasteiger partial charge in [0.05, 0.1) is 18.8 Å². The molecule has 1 aromatic heterocycles. The molecule has 2 heterocycles. The number of amides is 1. The minimum absolute atomic E-state index is 0.346. The number of hydrazone groups is 1. The SMILES string of the molecule is C=C(CCCOc1cnccn1)C(=O)N1N=CCC1c1cc(F)cc(F)c1. The van der Waals surface area contributed by atoms with Crippen LogP contribution in [-0.4, -0.2) is 33.7 Å². The van der Waals surface area contributed by atoms with Crippen molar-refractivity contribution < 1.29 is 18.3 Å². The molecule has 1 amide bonds. The lowest BCUT2D eigenvalue weighted by molar-refractivity contribution is -0.129. The van der Waals surface area contributed by atoms with E-state index < -0.39 is 17.7 Å². The molecule has 8 heteroatoms. The summed E-state index contributed by atoms with van der Waals surface area (Å²) in [6, 6.07) is 2.66. The molecule has 27 heavy (non-hydrogen) atoms. The molecule has 0 N–H and O–H groups in total. The summed E-state index contributed by atoms with van der Waals surface area (Å²) in [4.78, 5) is 20.5. The third-order valence-corrected chi connectivity index (χ3v) is 4.02. The lowest BCUT2D eigenvalue weighted by Gasteiger charge is -2.23. The van der Waals surface area contributed by atoms with Gasteiger partial charge in [-0.05, 0) is 30.5 Å². The van der Waals surface area contributed by atoms with Crippen molar-refractivity contribution in [3.05, 3.63) is 66.1 Å². The van der Waals surface area contributed by atoms with E-state index in [-0.39, 0.29) is 5.91 Å². The lowest BCUT2D eigenvalue weighted by atomic mass is 10.0. The van der Waals surface area contributed by atoms with Crippen LogP contribution in [0.4, 0.5) is 8.78 Å². The molecule has 1 atom stereocenters. The van der Waals surface area contributed by atoms with Crippen LogP contribution in [0.2, 0.25) is 0 Å². The van der Waals surface area contributed by atoms with Crippen LogP contribution in [-0.2, 0) is 4.79 Å². The van der Waals surface area contributed by atoms with Gasteiger partial charge in [-0.1, -0.05) is 6.58 Å². The Labute approximate surface area is 155 Å². The van der Waals surface area contributed by atoms with Crippen LogP contribution in [0.25, 0.3) is 0 Å². The van der Waals surface area contributed by atoms with Crippen molar-refractivity contribution in [2.75, 3.05) is 6.61 Å². The first-order valence-electron chi connectivity index (χ1n) is 8.43. The summed E-state index contributed by atoms with van der Waals surface area (Å²) in [5, 5.41) is 5.28. The van der Waals surface area contributed by atoms with Gasteiger partial charge in [0.15, 0.2) is 0 Å². The van der Waals surface area contributed by atoms with Gasteiger partial charge in [0.25, 0.3) is 5.91 Å². The number of benzene rings is 1. The van der Waals surface area contributed by atoms with Crippen LogP contribution in [0.1, 0.15) is 30.9 Å². The van der Waals surface area contributed by atoms with Crippen molar-refractivity contribution in [3.63, 3.8) is 0 Å². The first-order chi connectivity index (χ1) is 13.0. The van der Waals surface area contributed by atoms with Gasteiger partial charge in [-0.3, -0.25) is 9.78 Å². The van der Waals surface area contributed by atoms with Gasteiger partial charge in [0.2, 0.25) is 5.88 Å². The van der Waals surface area contributed by atoms with Gasteiger partial charge in [-0.2, -0.15) is 5.10 Å². The molecule has 0 saturated heterocycles. The standard InChI is InChI=1S/C19H18F2N4O2/c1-13(3-2-8-27-18-12-22-6-7-23-18)19(26)25-17(4-5-24-25)14-9-15(20)11-16(21)10-14/h5-7,9-12,17H,1-4,8H2. The average molecular weight is 372 g/mol. The van der Waals surface area contributed by atoms with Crippen molar-refractivity contribution in [3.8, 4) is 5.88 Å². The predicted octanol–water partition coefficient (Wildman–Crippen LogP) is 3.43. The van der Waals surface area contributed by atoms with Crippen LogP contribution >= 0.6 is 0 Å². The Bertz CT molecular complexity index is 838. The van der Waals surface area contributed by atoms with Gasteiger partial charge < -0.3 is 4.74 Å². The fourth-order valence-corrected chi connectivity index (χ4v) is 2.75. The zero-order valence-corrected chi connectivity index (χ0v) is 14.5. The molecule has 2 aromatic rings. The summed E-state index contributed by atoms with van der Waals surface area (Å²) < 4.78 is 32.4. The number of carbonyl (C=O) groups excluding carboxylic acids is 1. The summed E-state index contributed by atoms with van der Waals surface area (Å²) in [5.74, 6) is -1.35. The van der Waals surface area contributed by atoms with E-state index in [2.05, 4.69) is 21.6 Å². The molecule has 1 aliphatic rings. The summed E-state index contributed by atoms with van der Waals surface area (Å²) >= 11 is 0. The lowest BCUT2D eigenvalue weighted by Crippen LogP contribution is -2.28. The number of ether oxygens (including phenoxy) is 1. The summed E-state index contributed by atoms with van der Waals surface area (Å²) in [6.07, 6.45) is 7.46. The van der Waals surface area contributed by atoms with Gasteiger partial charge in [-0.15, -0.1) is 0 Å². The van der Waals surface area contributed by atoms with Crippen LogP contribution < -0.4 is 4.74 Å². The van der Waals surface area contributed by atoms with Crippen LogP contribution in [0.5, 0.6) is 5.88 Å². The molecule has 1 unspecified atom stereocenters. The zero-order valence-electron chi connectivity index (χ0n) is 14.5. The smallest absolute Gasteiger partial charge is 0.269 e. The molecular formula is C19H18F2N4O2. The van der Waals surface area contributed by atoms with Crippen molar-refractivity contribution in [1.82, 2.24) is 15.0 Å². The third kappa shape index (κ3) is 4.72. The van der Waals surface area contributed by atoms with Crippen molar-refractivity contribution >= 4 is 12.1 Å². The Kier molecular flexibility index (Phi) is 5.85. The third-order valence-electron chi connectivity index (χ3n) is 4.02.